The third kappa shape index (κ3) is 5.95. The molecule has 3 rings (SSSR count). The summed E-state index contributed by atoms with van der Waals surface area (Å²) in [4.78, 5) is 23.6. The highest BCUT2D eigenvalue weighted by molar-refractivity contribution is 6.31. The lowest BCUT2D eigenvalue weighted by Crippen LogP contribution is -2.24. The van der Waals surface area contributed by atoms with Crippen LogP contribution in [0.25, 0.3) is 0 Å². The van der Waals surface area contributed by atoms with E-state index in [0.717, 1.165) is 5.56 Å². The van der Waals surface area contributed by atoms with E-state index < -0.39 is 11.9 Å². The number of hydrogen-bond donors (Lipinski definition) is 1. The number of hydrogen-bond acceptors (Lipinski definition) is 6. The summed E-state index contributed by atoms with van der Waals surface area (Å²) in [5.74, 6) is 0.0386. The minimum Gasteiger partial charge on any atom is -0.484 e. The summed E-state index contributed by atoms with van der Waals surface area (Å²) >= 11 is 5.95. The first kappa shape index (κ1) is 20.2. The third-order valence-corrected chi connectivity index (χ3v) is 4.14. The van der Waals surface area contributed by atoms with Gasteiger partial charge in [0.1, 0.15) is 11.5 Å². The van der Waals surface area contributed by atoms with E-state index >= 15 is 0 Å². The van der Waals surface area contributed by atoms with Gasteiger partial charge in [-0.2, -0.15) is 5.10 Å². The molecule has 0 aliphatic heterocycles. The second-order valence-corrected chi connectivity index (χ2v) is 6.34. The molecule has 1 amide bonds. The van der Waals surface area contributed by atoms with Crippen LogP contribution in [0.4, 0.5) is 0 Å². The number of halogens is 1. The molecule has 148 valence electrons. The molecule has 0 aliphatic carbocycles. The highest BCUT2D eigenvalue weighted by atomic mass is 35.5. The van der Waals surface area contributed by atoms with Crippen molar-refractivity contribution in [3.05, 3.63) is 82.8 Å². The molecule has 0 bridgehead atoms. The molecule has 1 aromatic heterocycles. The average molecular weight is 413 g/mol. The Hall–Kier alpha value is -3.58. The third-order valence-electron chi connectivity index (χ3n) is 3.72. The van der Waals surface area contributed by atoms with E-state index in [1.165, 1.54) is 18.5 Å². The normalized spacial score (nSPS) is 10.7. The molecule has 0 radical (unpaired) electrons. The Morgan fingerprint density at radius 1 is 1.14 bits per heavy atom. The molecule has 0 saturated heterocycles. The number of nitrogens with one attached hydrogen (secondary N) is 1. The number of benzene rings is 2. The molecule has 0 atom stereocenters. The summed E-state index contributed by atoms with van der Waals surface area (Å²) in [6.45, 7) is 1.67. The van der Waals surface area contributed by atoms with Crippen LogP contribution in [0.15, 0.2) is 70.4 Å². The van der Waals surface area contributed by atoms with Crippen LogP contribution in [-0.2, 0) is 4.79 Å². The van der Waals surface area contributed by atoms with Gasteiger partial charge in [0.25, 0.3) is 5.91 Å². The number of ether oxygens (including phenoxy) is 2. The summed E-state index contributed by atoms with van der Waals surface area (Å²) in [7, 11) is 0. The van der Waals surface area contributed by atoms with Crippen molar-refractivity contribution in [2.45, 2.75) is 6.92 Å². The SMILES string of the molecule is Cc1cc(OCC(=O)NN=Cc2ccc(OC(=O)c3ccco3)cc2)ccc1Cl. The lowest BCUT2D eigenvalue weighted by molar-refractivity contribution is -0.123. The summed E-state index contributed by atoms with van der Waals surface area (Å²) < 4.78 is 15.5. The first-order chi connectivity index (χ1) is 14.0. The number of esters is 1. The second kappa shape index (κ2) is 9.57. The minimum absolute atomic E-state index is 0.120. The molecule has 1 N–H and O–H groups in total. The van der Waals surface area contributed by atoms with Crippen molar-refractivity contribution in [1.82, 2.24) is 5.43 Å². The van der Waals surface area contributed by atoms with E-state index in [2.05, 4.69) is 10.5 Å². The van der Waals surface area contributed by atoms with Crippen molar-refractivity contribution in [3.8, 4) is 11.5 Å². The summed E-state index contributed by atoms with van der Waals surface area (Å²) in [6.07, 6.45) is 2.86. The summed E-state index contributed by atoms with van der Waals surface area (Å²) in [6, 6.07) is 14.9. The molecule has 0 fully saturated rings. The van der Waals surface area contributed by atoms with Crippen LogP contribution in [0.3, 0.4) is 0 Å². The lowest BCUT2D eigenvalue weighted by Gasteiger charge is -2.06. The predicted octanol–water partition coefficient (Wildman–Crippen LogP) is 3.99. The molecular weight excluding hydrogens is 396 g/mol. The lowest BCUT2D eigenvalue weighted by atomic mass is 10.2. The standard InChI is InChI=1S/C21H17ClN2O5/c1-14-11-17(8-9-18(14)22)28-13-20(25)24-23-12-15-4-6-16(7-5-15)29-21(26)19-3-2-10-27-19/h2-12H,13H2,1H3,(H,24,25). The van der Waals surface area contributed by atoms with Gasteiger partial charge in [0, 0.05) is 5.02 Å². The predicted molar refractivity (Wildman–Crippen MR) is 108 cm³/mol. The number of furan rings is 1. The molecule has 3 aromatic rings. The van der Waals surface area contributed by atoms with Gasteiger partial charge in [-0.05, 0) is 72.6 Å². The Balaban J connectivity index is 1.45. The smallest absolute Gasteiger partial charge is 0.379 e. The van der Waals surface area contributed by atoms with Crippen LogP contribution < -0.4 is 14.9 Å². The molecule has 2 aromatic carbocycles. The molecule has 1 heterocycles. The number of carbonyl (C=O) groups excluding carboxylic acids is 2. The van der Waals surface area contributed by atoms with Gasteiger partial charge in [0.2, 0.25) is 5.76 Å². The van der Waals surface area contributed by atoms with Crippen LogP contribution in [-0.4, -0.2) is 24.7 Å². The topological polar surface area (TPSA) is 90.1 Å². The minimum atomic E-state index is -0.584. The van der Waals surface area contributed by atoms with Crippen LogP contribution in [0.2, 0.25) is 5.02 Å². The number of hydrazone groups is 1. The van der Waals surface area contributed by atoms with Crippen molar-refractivity contribution in [2.24, 2.45) is 5.10 Å². The van der Waals surface area contributed by atoms with E-state index in [0.29, 0.717) is 22.1 Å². The zero-order chi connectivity index (χ0) is 20.6. The van der Waals surface area contributed by atoms with Crippen molar-refractivity contribution >= 4 is 29.7 Å². The maximum absolute atomic E-state index is 11.8. The van der Waals surface area contributed by atoms with Crippen LogP contribution >= 0.6 is 11.6 Å². The Kier molecular flexibility index (Phi) is 6.65. The van der Waals surface area contributed by atoms with Crippen molar-refractivity contribution in [3.63, 3.8) is 0 Å². The second-order valence-electron chi connectivity index (χ2n) is 5.93. The van der Waals surface area contributed by atoms with Crippen molar-refractivity contribution < 1.29 is 23.5 Å². The fourth-order valence-corrected chi connectivity index (χ4v) is 2.36. The molecule has 7 nitrogen and oxygen atoms in total. The van der Waals surface area contributed by atoms with Crippen LogP contribution in [0.5, 0.6) is 11.5 Å². The number of amides is 1. The Morgan fingerprint density at radius 3 is 2.59 bits per heavy atom. The van der Waals surface area contributed by atoms with Gasteiger partial charge in [0.15, 0.2) is 6.61 Å². The molecule has 0 spiro atoms. The zero-order valence-electron chi connectivity index (χ0n) is 15.4. The van der Waals surface area contributed by atoms with Crippen LogP contribution in [0, 0.1) is 6.92 Å². The van der Waals surface area contributed by atoms with Crippen molar-refractivity contribution in [1.29, 1.82) is 0 Å². The van der Waals surface area contributed by atoms with Gasteiger partial charge >= 0.3 is 5.97 Å². The first-order valence-electron chi connectivity index (χ1n) is 8.58. The van der Waals surface area contributed by atoms with Crippen LogP contribution in [0.1, 0.15) is 21.7 Å². The average Bonchev–Trinajstić information content (AvgIpc) is 3.25. The highest BCUT2D eigenvalue weighted by Crippen LogP contribution is 2.20. The van der Waals surface area contributed by atoms with Gasteiger partial charge in [0.05, 0.1) is 12.5 Å². The van der Waals surface area contributed by atoms with Gasteiger partial charge in [-0.3, -0.25) is 4.79 Å². The Morgan fingerprint density at radius 2 is 1.90 bits per heavy atom. The van der Waals surface area contributed by atoms with Crippen molar-refractivity contribution in [2.75, 3.05) is 6.61 Å². The van der Waals surface area contributed by atoms with Gasteiger partial charge in [-0.25, -0.2) is 10.2 Å². The van der Waals surface area contributed by atoms with E-state index in [9.17, 15) is 9.59 Å². The number of aryl methyl sites for hydroxylation is 1. The zero-order valence-corrected chi connectivity index (χ0v) is 16.2. The monoisotopic (exact) mass is 412 g/mol. The Bertz CT molecular complexity index is 1010. The summed E-state index contributed by atoms with van der Waals surface area (Å²) in [5, 5.41) is 4.50. The molecular formula is C21H17ClN2O5. The fourth-order valence-electron chi connectivity index (χ4n) is 2.24. The number of nitrogens with zero attached hydrogens (tertiary/aromatic N) is 1. The summed E-state index contributed by atoms with van der Waals surface area (Å²) in [5.41, 5.74) is 3.94. The Labute approximate surface area is 171 Å². The largest absolute Gasteiger partial charge is 0.484 e. The van der Waals surface area contributed by atoms with Gasteiger partial charge < -0.3 is 13.9 Å². The molecule has 0 aliphatic rings. The van der Waals surface area contributed by atoms with E-state index in [4.69, 9.17) is 25.5 Å². The fraction of sp³-hybridized carbons (Fsp3) is 0.0952. The quantitative estimate of drug-likeness (QED) is 0.274. The maximum Gasteiger partial charge on any atom is 0.379 e. The number of rotatable bonds is 7. The van der Waals surface area contributed by atoms with Gasteiger partial charge in [-0.1, -0.05) is 11.6 Å². The molecule has 0 saturated carbocycles. The van der Waals surface area contributed by atoms with E-state index in [1.54, 1.807) is 48.5 Å². The maximum atomic E-state index is 11.8. The molecule has 8 heteroatoms. The first-order valence-corrected chi connectivity index (χ1v) is 8.95. The highest BCUT2D eigenvalue weighted by Gasteiger charge is 2.11. The van der Waals surface area contributed by atoms with Gasteiger partial charge in [-0.15, -0.1) is 0 Å². The molecule has 0 unspecified atom stereocenters. The number of carbonyl (C=O) groups is 2. The molecule has 29 heavy (non-hydrogen) atoms. The van der Waals surface area contributed by atoms with E-state index in [-0.39, 0.29) is 12.4 Å². The van der Waals surface area contributed by atoms with E-state index in [1.807, 2.05) is 6.92 Å².